The predicted molar refractivity (Wildman–Crippen MR) is 66.8 cm³/mol. The van der Waals surface area contributed by atoms with Crippen LogP contribution in [0.5, 0.6) is 0 Å². The summed E-state index contributed by atoms with van der Waals surface area (Å²) >= 11 is 0. The van der Waals surface area contributed by atoms with Gasteiger partial charge in [-0.05, 0) is 33.6 Å². The molecule has 0 bridgehead atoms. The van der Waals surface area contributed by atoms with Crippen LogP contribution < -0.4 is 0 Å². The first kappa shape index (κ1) is 16.6. The van der Waals surface area contributed by atoms with Gasteiger partial charge in [0.15, 0.2) is 0 Å². The molecule has 0 saturated carbocycles. The molecule has 5 heteroatoms. The van der Waals surface area contributed by atoms with E-state index in [2.05, 4.69) is 9.47 Å². The van der Waals surface area contributed by atoms with Crippen LogP contribution in [0.4, 0.5) is 0 Å². The highest BCUT2D eigenvalue weighted by atomic mass is 16.5. The molecule has 104 valence electrons. The van der Waals surface area contributed by atoms with Gasteiger partial charge in [-0.2, -0.15) is 0 Å². The first-order valence-electron chi connectivity index (χ1n) is 5.77. The van der Waals surface area contributed by atoms with Gasteiger partial charge >= 0.3 is 11.9 Å². The highest BCUT2D eigenvalue weighted by molar-refractivity contribution is 5.82. The number of carbonyl (C=O) groups excluding carboxylic acids is 2. The van der Waals surface area contributed by atoms with Crippen molar-refractivity contribution in [3.8, 4) is 0 Å². The third-order valence-electron chi connectivity index (χ3n) is 2.92. The van der Waals surface area contributed by atoms with Crippen molar-refractivity contribution in [3.05, 3.63) is 11.6 Å². The van der Waals surface area contributed by atoms with Gasteiger partial charge in [-0.25, -0.2) is 4.79 Å². The largest absolute Gasteiger partial charge is 0.469 e. The van der Waals surface area contributed by atoms with Gasteiger partial charge in [0.25, 0.3) is 0 Å². The normalized spacial score (nSPS) is 14.0. The summed E-state index contributed by atoms with van der Waals surface area (Å²) in [7, 11) is 2.60. The zero-order valence-electron chi connectivity index (χ0n) is 11.6. The maximum atomic E-state index is 11.5. The number of carbonyl (C=O) groups is 2. The van der Waals surface area contributed by atoms with Crippen molar-refractivity contribution in [2.24, 2.45) is 5.41 Å². The molecule has 0 aliphatic carbocycles. The highest BCUT2D eigenvalue weighted by Crippen LogP contribution is 2.26. The molecule has 0 spiro atoms. The van der Waals surface area contributed by atoms with Crippen molar-refractivity contribution in [1.29, 1.82) is 0 Å². The zero-order valence-corrected chi connectivity index (χ0v) is 11.6. The lowest BCUT2D eigenvalue weighted by atomic mass is 9.83. The van der Waals surface area contributed by atoms with E-state index in [0.717, 1.165) is 5.57 Å². The van der Waals surface area contributed by atoms with Gasteiger partial charge < -0.3 is 14.6 Å². The number of esters is 2. The summed E-state index contributed by atoms with van der Waals surface area (Å²) in [6, 6.07) is 0. The van der Waals surface area contributed by atoms with Crippen LogP contribution in [0.1, 0.15) is 33.6 Å². The molecular weight excluding hydrogens is 236 g/mol. The van der Waals surface area contributed by atoms with Crippen LogP contribution in [0.25, 0.3) is 0 Å². The molecule has 0 amide bonds. The third-order valence-corrected chi connectivity index (χ3v) is 2.92. The van der Waals surface area contributed by atoms with Gasteiger partial charge in [-0.3, -0.25) is 4.79 Å². The smallest absolute Gasteiger partial charge is 0.330 e. The summed E-state index contributed by atoms with van der Waals surface area (Å²) in [5.74, 6) is -0.876. The minimum atomic E-state index is -0.958. The van der Waals surface area contributed by atoms with Crippen LogP contribution in [0.2, 0.25) is 0 Å². The Morgan fingerprint density at radius 3 is 2.28 bits per heavy atom. The molecule has 0 rings (SSSR count). The van der Waals surface area contributed by atoms with Gasteiger partial charge in [0.1, 0.15) is 0 Å². The van der Waals surface area contributed by atoms with Crippen molar-refractivity contribution in [3.63, 3.8) is 0 Å². The Labute approximate surface area is 108 Å². The van der Waals surface area contributed by atoms with E-state index in [9.17, 15) is 14.7 Å². The van der Waals surface area contributed by atoms with Crippen molar-refractivity contribution in [1.82, 2.24) is 0 Å². The van der Waals surface area contributed by atoms with E-state index in [0.29, 0.717) is 12.8 Å². The number of allylic oxidation sites excluding steroid dienone is 1. The van der Waals surface area contributed by atoms with E-state index < -0.39 is 23.5 Å². The highest BCUT2D eigenvalue weighted by Gasteiger charge is 2.36. The van der Waals surface area contributed by atoms with E-state index in [1.807, 2.05) is 0 Å². The van der Waals surface area contributed by atoms with Crippen molar-refractivity contribution in [2.45, 2.75) is 39.7 Å². The summed E-state index contributed by atoms with van der Waals surface area (Å²) in [6.07, 6.45) is 1.43. The zero-order chi connectivity index (χ0) is 14.3. The summed E-state index contributed by atoms with van der Waals surface area (Å²) in [6.45, 7) is 5.03. The molecule has 5 nitrogen and oxygen atoms in total. The maximum Gasteiger partial charge on any atom is 0.330 e. The fraction of sp³-hybridized carbons (Fsp3) is 0.692. The second-order valence-corrected chi connectivity index (χ2v) is 4.78. The number of ether oxygens (including phenoxy) is 2. The van der Waals surface area contributed by atoms with Gasteiger partial charge in [0, 0.05) is 6.08 Å². The third kappa shape index (κ3) is 4.87. The predicted octanol–water partition coefficient (Wildman–Crippen LogP) is 1.45. The first-order valence-corrected chi connectivity index (χ1v) is 5.77. The standard InChI is InChI=1S/C13H22O5/c1-9(8-11(15)17-4)6-7-10(14)13(2,3)12(16)18-5/h8,10,14H,6-7H2,1-5H3/t10-/m1/s1. The van der Waals surface area contributed by atoms with Gasteiger partial charge in [-0.15, -0.1) is 0 Å². The summed E-state index contributed by atoms with van der Waals surface area (Å²) < 4.78 is 9.14. The molecule has 0 aromatic rings. The number of rotatable bonds is 6. The average molecular weight is 258 g/mol. The average Bonchev–Trinajstić information content (AvgIpc) is 2.34. The summed E-state index contributed by atoms with van der Waals surface area (Å²) in [4.78, 5) is 22.5. The molecular formula is C13H22O5. The molecule has 0 aromatic carbocycles. The second kappa shape index (κ2) is 7.16. The molecule has 0 saturated heterocycles. The Morgan fingerprint density at radius 1 is 1.28 bits per heavy atom. The lowest BCUT2D eigenvalue weighted by molar-refractivity contribution is -0.157. The number of methoxy groups -OCH3 is 2. The molecule has 1 N–H and O–H groups in total. The van der Waals surface area contributed by atoms with Crippen molar-refractivity contribution in [2.75, 3.05) is 14.2 Å². The molecule has 1 atom stereocenters. The van der Waals surface area contributed by atoms with E-state index in [1.54, 1.807) is 20.8 Å². The lowest BCUT2D eigenvalue weighted by Crippen LogP contribution is -2.38. The summed E-state index contributed by atoms with van der Waals surface area (Å²) in [5.41, 5.74) is -0.165. The van der Waals surface area contributed by atoms with Gasteiger partial charge in [0.05, 0.1) is 25.7 Å². The van der Waals surface area contributed by atoms with Gasteiger partial charge in [-0.1, -0.05) is 5.57 Å². The van der Waals surface area contributed by atoms with Crippen LogP contribution >= 0.6 is 0 Å². The maximum absolute atomic E-state index is 11.5. The number of aliphatic hydroxyl groups is 1. The van der Waals surface area contributed by atoms with Gasteiger partial charge in [0.2, 0.25) is 0 Å². The molecule has 0 heterocycles. The topological polar surface area (TPSA) is 72.8 Å². The van der Waals surface area contributed by atoms with E-state index in [4.69, 9.17) is 0 Å². The second-order valence-electron chi connectivity index (χ2n) is 4.78. The van der Waals surface area contributed by atoms with Crippen LogP contribution in [0.15, 0.2) is 11.6 Å². The van der Waals surface area contributed by atoms with E-state index in [-0.39, 0.29) is 0 Å². The Hall–Kier alpha value is -1.36. The van der Waals surface area contributed by atoms with Crippen LogP contribution in [-0.4, -0.2) is 37.4 Å². The molecule has 0 radical (unpaired) electrons. The Bertz CT molecular complexity index is 330. The minimum absolute atomic E-state index is 0.376. The van der Waals surface area contributed by atoms with Crippen molar-refractivity contribution >= 4 is 11.9 Å². The molecule has 0 fully saturated rings. The molecule has 0 aliphatic rings. The van der Waals surface area contributed by atoms with Crippen LogP contribution in [0.3, 0.4) is 0 Å². The molecule has 0 aromatic heterocycles. The monoisotopic (exact) mass is 258 g/mol. The SMILES string of the molecule is COC(=O)C=C(C)CC[C@@H](O)C(C)(C)C(=O)OC. The van der Waals surface area contributed by atoms with E-state index in [1.165, 1.54) is 20.3 Å². The molecule has 18 heavy (non-hydrogen) atoms. The lowest BCUT2D eigenvalue weighted by Gasteiger charge is -2.27. The Kier molecular flexibility index (Phi) is 6.62. The fourth-order valence-corrected chi connectivity index (χ4v) is 1.46. The first-order chi connectivity index (χ1) is 8.25. The quantitative estimate of drug-likeness (QED) is 0.576. The number of hydrogen-bond donors (Lipinski definition) is 1. The Morgan fingerprint density at radius 2 is 1.83 bits per heavy atom. The van der Waals surface area contributed by atoms with Crippen molar-refractivity contribution < 1.29 is 24.2 Å². The molecule has 0 unspecified atom stereocenters. The van der Waals surface area contributed by atoms with E-state index >= 15 is 0 Å². The number of aliphatic hydroxyl groups excluding tert-OH is 1. The Balaban J connectivity index is 4.42. The van der Waals surface area contributed by atoms with Crippen LogP contribution in [-0.2, 0) is 19.1 Å². The minimum Gasteiger partial charge on any atom is -0.469 e. The molecule has 0 aliphatic heterocycles. The summed E-state index contributed by atoms with van der Waals surface area (Å²) in [5, 5.41) is 9.97. The number of hydrogen-bond acceptors (Lipinski definition) is 5. The fourth-order valence-electron chi connectivity index (χ4n) is 1.46. The van der Waals surface area contributed by atoms with Crippen LogP contribution in [0, 0.1) is 5.41 Å².